The normalized spacial score (nSPS) is 23.5. The molecule has 0 spiro atoms. The van der Waals surface area contributed by atoms with Crippen molar-refractivity contribution in [3.63, 3.8) is 0 Å². The number of halogens is 1. The summed E-state index contributed by atoms with van der Waals surface area (Å²) in [5.41, 5.74) is 1.28. The van der Waals surface area contributed by atoms with E-state index in [4.69, 9.17) is 14.2 Å². The monoisotopic (exact) mass is 533 g/mol. The van der Waals surface area contributed by atoms with Gasteiger partial charge in [-0.1, -0.05) is 12.1 Å². The number of nitrogens with zero attached hydrogens (tertiary/aromatic N) is 1. The van der Waals surface area contributed by atoms with Crippen LogP contribution in [-0.2, 0) is 14.9 Å². The second-order valence-corrected chi connectivity index (χ2v) is 8.18. The standard InChI is InChI=1S/C22H35N3O4.HI/c1-23-20(24-15-21(7-11-26)8-12-29-17-21)25-16-22(9-13-28-14-10-22)18-3-5-19(27-2)6-4-18;/h3-6,26H,7-17H2,1-2H3,(H2,23,24,25);1H. The maximum atomic E-state index is 9.44. The molecule has 0 aromatic heterocycles. The predicted molar refractivity (Wildman–Crippen MR) is 129 cm³/mol. The van der Waals surface area contributed by atoms with Gasteiger partial charge in [-0.15, -0.1) is 24.0 Å². The zero-order valence-electron chi connectivity index (χ0n) is 18.1. The fourth-order valence-electron chi connectivity index (χ4n) is 4.33. The van der Waals surface area contributed by atoms with Crippen LogP contribution in [0.15, 0.2) is 29.3 Å². The molecule has 2 heterocycles. The molecule has 2 fully saturated rings. The molecule has 0 saturated carbocycles. The van der Waals surface area contributed by atoms with Crippen molar-refractivity contribution >= 4 is 29.9 Å². The van der Waals surface area contributed by atoms with Crippen LogP contribution < -0.4 is 15.4 Å². The molecule has 0 amide bonds. The summed E-state index contributed by atoms with van der Waals surface area (Å²) in [7, 11) is 3.48. The van der Waals surface area contributed by atoms with Crippen LogP contribution in [0.25, 0.3) is 0 Å². The summed E-state index contributed by atoms with van der Waals surface area (Å²) in [5, 5.41) is 16.4. The van der Waals surface area contributed by atoms with Crippen molar-refractivity contribution < 1.29 is 19.3 Å². The molecule has 0 bridgehead atoms. The molecule has 2 aliphatic rings. The first-order valence-corrected chi connectivity index (χ1v) is 10.5. The lowest BCUT2D eigenvalue weighted by atomic mass is 9.74. The van der Waals surface area contributed by atoms with Crippen LogP contribution in [0.5, 0.6) is 5.75 Å². The van der Waals surface area contributed by atoms with Gasteiger partial charge in [-0.3, -0.25) is 4.99 Å². The van der Waals surface area contributed by atoms with E-state index >= 15 is 0 Å². The van der Waals surface area contributed by atoms with Crippen LogP contribution in [0.2, 0.25) is 0 Å². The number of hydrogen-bond donors (Lipinski definition) is 3. The highest BCUT2D eigenvalue weighted by molar-refractivity contribution is 14.0. The highest BCUT2D eigenvalue weighted by atomic mass is 127. The van der Waals surface area contributed by atoms with E-state index in [9.17, 15) is 5.11 Å². The topological polar surface area (TPSA) is 84.3 Å². The number of aliphatic hydroxyl groups excluding tert-OH is 1. The lowest BCUT2D eigenvalue weighted by Crippen LogP contribution is -2.50. The molecule has 7 nitrogen and oxygen atoms in total. The number of nitrogens with one attached hydrogen (secondary N) is 2. The first-order chi connectivity index (χ1) is 14.2. The minimum Gasteiger partial charge on any atom is -0.497 e. The van der Waals surface area contributed by atoms with E-state index in [2.05, 4.69) is 27.8 Å². The third-order valence-corrected chi connectivity index (χ3v) is 6.43. The second-order valence-electron chi connectivity index (χ2n) is 8.18. The minimum atomic E-state index is -0.0152. The lowest BCUT2D eigenvalue weighted by Gasteiger charge is -2.38. The van der Waals surface area contributed by atoms with Gasteiger partial charge < -0.3 is 30.0 Å². The molecule has 8 heteroatoms. The van der Waals surface area contributed by atoms with Crippen LogP contribution in [0.3, 0.4) is 0 Å². The van der Waals surface area contributed by atoms with E-state index in [-0.39, 0.29) is 41.4 Å². The smallest absolute Gasteiger partial charge is 0.191 e. The Kier molecular flexibility index (Phi) is 10.1. The van der Waals surface area contributed by atoms with Crippen molar-refractivity contribution in [1.29, 1.82) is 0 Å². The number of rotatable bonds is 8. The van der Waals surface area contributed by atoms with Gasteiger partial charge in [-0.25, -0.2) is 0 Å². The number of ether oxygens (including phenoxy) is 3. The van der Waals surface area contributed by atoms with Gasteiger partial charge in [0.15, 0.2) is 5.96 Å². The van der Waals surface area contributed by atoms with Gasteiger partial charge in [-0.05, 0) is 43.4 Å². The maximum absolute atomic E-state index is 9.44. The number of aliphatic hydroxyl groups is 1. The zero-order chi connectivity index (χ0) is 20.6. The Bertz CT molecular complexity index is 657. The summed E-state index contributed by atoms with van der Waals surface area (Å²) in [6.07, 6.45) is 3.63. The fraction of sp³-hybridized carbons (Fsp3) is 0.682. The van der Waals surface area contributed by atoms with Crippen LogP contribution in [0, 0.1) is 5.41 Å². The molecule has 3 rings (SSSR count). The highest BCUT2D eigenvalue weighted by Gasteiger charge is 2.36. The zero-order valence-corrected chi connectivity index (χ0v) is 20.4. The Morgan fingerprint density at radius 1 is 1.07 bits per heavy atom. The summed E-state index contributed by atoms with van der Waals surface area (Å²) >= 11 is 0. The van der Waals surface area contributed by atoms with Crippen molar-refractivity contribution in [2.24, 2.45) is 10.4 Å². The average molecular weight is 533 g/mol. The van der Waals surface area contributed by atoms with Gasteiger partial charge in [0.05, 0.1) is 13.7 Å². The SMILES string of the molecule is CN=C(NCC1(CCO)CCOC1)NCC1(c2ccc(OC)cc2)CCOCC1.I. The van der Waals surface area contributed by atoms with E-state index in [1.807, 2.05) is 12.1 Å². The fourth-order valence-corrected chi connectivity index (χ4v) is 4.33. The Hall–Kier alpha value is -1.10. The van der Waals surface area contributed by atoms with E-state index in [0.29, 0.717) is 6.61 Å². The molecule has 1 atom stereocenters. The quantitative estimate of drug-likeness (QED) is 0.270. The Morgan fingerprint density at radius 2 is 1.73 bits per heavy atom. The van der Waals surface area contributed by atoms with Crippen LogP contribution >= 0.6 is 24.0 Å². The molecule has 2 saturated heterocycles. The molecule has 1 aromatic carbocycles. The Labute approximate surface area is 197 Å². The van der Waals surface area contributed by atoms with E-state index in [1.165, 1.54) is 5.56 Å². The molecule has 170 valence electrons. The summed E-state index contributed by atoms with van der Waals surface area (Å²) in [6.45, 7) is 4.67. The molecule has 0 radical (unpaired) electrons. The molecular weight excluding hydrogens is 497 g/mol. The van der Waals surface area contributed by atoms with Crippen molar-refractivity contribution in [2.75, 3.05) is 60.3 Å². The van der Waals surface area contributed by atoms with Crippen molar-refractivity contribution in [3.05, 3.63) is 29.8 Å². The first-order valence-electron chi connectivity index (χ1n) is 10.5. The molecule has 30 heavy (non-hydrogen) atoms. The van der Waals surface area contributed by atoms with Crippen molar-refractivity contribution in [2.45, 2.75) is 31.1 Å². The minimum absolute atomic E-state index is 0. The molecule has 2 aliphatic heterocycles. The van der Waals surface area contributed by atoms with Crippen LogP contribution in [0.4, 0.5) is 0 Å². The molecule has 1 aromatic rings. The summed E-state index contributed by atoms with van der Waals surface area (Å²) in [5.74, 6) is 1.66. The Morgan fingerprint density at radius 3 is 2.30 bits per heavy atom. The van der Waals surface area contributed by atoms with Gasteiger partial charge in [0, 0.05) is 57.4 Å². The lowest BCUT2D eigenvalue weighted by molar-refractivity contribution is 0.0513. The van der Waals surface area contributed by atoms with Gasteiger partial charge in [0.1, 0.15) is 5.75 Å². The van der Waals surface area contributed by atoms with E-state index < -0.39 is 0 Å². The highest BCUT2D eigenvalue weighted by Crippen LogP contribution is 2.35. The number of guanidine groups is 1. The third-order valence-electron chi connectivity index (χ3n) is 6.43. The van der Waals surface area contributed by atoms with Gasteiger partial charge in [-0.2, -0.15) is 0 Å². The second kappa shape index (κ2) is 12.1. The summed E-state index contributed by atoms with van der Waals surface area (Å²) < 4.78 is 16.6. The van der Waals surface area contributed by atoms with Crippen molar-refractivity contribution in [1.82, 2.24) is 10.6 Å². The largest absolute Gasteiger partial charge is 0.497 e. The number of methoxy groups -OCH3 is 1. The number of aliphatic imine (C=N–C) groups is 1. The predicted octanol–water partition coefficient (Wildman–Crippen LogP) is 2.32. The van der Waals surface area contributed by atoms with Gasteiger partial charge in [0.25, 0.3) is 0 Å². The maximum Gasteiger partial charge on any atom is 0.191 e. The Balaban J connectivity index is 0.00000320. The molecular formula is C22H36IN3O4. The molecule has 1 unspecified atom stereocenters. The third kappa shape index (κ3) is 6.21. The summed E-state index contributed by atoms with van der Waals surface area (Å²) in [4.78, 5) is 4.42. The van der Waals surface area contributed by atoms with E-state index in [1.54, 1.807) is 14.2 Å². The molecule has 3 N–H and O–H groups in total. The van der Waals surface area contributed by atoms with Gasteiger partial charge >= 0.3 is 0 Å². The van der Waals surface area contributed by atoms with Crippen molar-refractivity contribution in [3.8, 4) is 5.75 Å². The number of benzene rings is 1. The average Bonchev–Trinajstić information content (AvgIpc) is 3.23. The van der Waals surface area contributed by atoms with Crippen LogP contribution in [0.1, 0.15) is 31.2 Å². The number of hydrogen-bond acceptors (Lipinski definition) is 5. The summed E-state index contributed by atoms with van der Waals surface area (Å²) in [6, 6.07) is 8.37. The van der Waals surface area contributed by atoms with E-state index in [0.717, 1.165) is 70.3 Å². The first kappa shape index (κ1) is 25.2. The van der Waals surface area contributed by atoms with Gasteiger partial charge in [0.2, 0.25) is 0 Å². The molecule has 0 aliphatic carbocycles. The van der Waals surface area contributed by atoms with Crippen LogP contribution in [-0.4, -0.2) is 71.3 Å².